The average Bonchev–Trinajstić information content (AvgIpc) is 2.69. The van der Waals surface area contributed by atoms with Crippen molar-refractivity contribution in [3.8, 4) is 0 Å². The van der Waals surface area contributed by atoms with E-state index in [0.29, 0.717) is 0 Å². The third-order valence-electron chi connectivity index (χ3n) is 4.07. The molecular weight excluding hydrogens is 278 g/mol. The summed E-state index contributed by atoms with van der Waals surface area (Å²) in [6.45, 7) is 1.90. The summed E-state index contributed by atoms with van der Waals surface area (Å²) in [6, 6.07) is 17.0. The summed E-state index contributed by atoms with van der Waals surface area (Å²) < 4.78 is 0. The smallest absolute Gasteiger partial charge is 0.0810 e. The first-order chi connectivity index (χ1) is 10.3. The van der Waals surface area contributed by atoms with Gasteiger partial charge in [0.05, 0.1) is 6.10 Å². The maximum Gasteiger partial charge on any atom is 0.0810 e. The summed E-state index contributed by atoms with van der Waals surface area (Å²) in [6.07, 6.45) is 3.64. The fourth-order valence-electron chi connectivity index (χ4n) is 2.92. The van der Waals surface area contributed by atoms with Crippen LogP contribution >= 0.6 is 11.8 Å². The molecular formula is C18H21NOS. The van der Waals surface area contributed by atoms with Gasteiger partial charge >= 0.3 is 0 Å². The number of fused-ring (bicyclic) bond motifs is 1. The Morgan fingerprint density at radius 2 is 1.90 bits per heavy atom. The highest BCUT2D eigenvalue weighted by Crippen LogP contribution is 2.33. The number of anilines is 1. The van der Waals surface area contributed by atoms with Crippen molar-refractivity contribution < 1.29 is 5.11 Å². The van der Waals surface area contributed by atoms with Gasteiger partial charge in [0, 0.05) is 29.2 Å². The van der Waals surface area contributed by atoms with Crippen LogP contribution in [0.1, 0.15) is 30.1 Å². The van der Waals surface area contributed by atoms with Crippen molar-refractivity contribution in [1.29, 1.82) is 0 Å². The van der Waals surface area contributed by atoms with E-state index in [9.17, 15) is 5.11 Å². The number of hydrogen-bond donors (Lipinski definition) is 1. The molecule has 0 saturated carbocycles. The molecule has 21 heavy (non-hydrogen) atoms. The molecule has 1 atom stereocenters. The van der Waals surface area contributed by atoms with Gasteiger partial charge in [-0.3, -0.25) is 0 Å². The zero-order chi connectivity index (χ0) is 14.7. The number of benzene rings is 2. The lowest BCUT2D eigenvalue weighted by Crippen LogP contribution is -2.23. The molecule has 3 rings (SSSR count). The van der Waals surface area contributed by atoms with Gasteiger partial charge in [-0.15, -0.1) is 11.8 Å². The molecule has 0 aromatic heterocycles. The molecule has 0 fully saturated rings. The molecule has 0 unspecified atom stereocenters. The fraction of sp³-hybridized carbons (Fsp3) is 0.333. The molecule has 110 valence electrons. The number of rotatable bonds is 3. The summed E-state index contributed by atoms with van der Waals surface area (Å²) in [5.74, 6) is 0. The van der Waals surface area contributed by atoms with Crippen LogP contribution in [0.15, 0.2) is 53.4 Å². The molecule has 1 N–H and O–H groups in total. The van der Waals surface area contributed by atoms with Crippen molar-refractivity contribution in [3.05, 3.63) is 59.7 Å². The van der Waals surface area contributed by atoms with E-state index in [1.807, 2.05) is 6.07 Å². The standard InChI is InChI=1S/C18H21NOS/c1-21-15-10-8-14(9-11-15)13-19-12-4-7-18(20)16-5-2-3-6-17(16)19/h2-3,5-6,8-11,18,20H,4,7,12-13H2,1H3/t18-/m0/s1. The van der Waals surface area contributed by atoms with Gasteiger partial charge in [0.25, 0.3) is 0 Å². The molecule has 3 heteroatoms. The molecule has 0 spiro atoms. The molecule has 2 aromatic rings. The van der Waals surface area contributed by atoms with Gasteiger partial charge in [-0.2, -0.15) is 0 Å². The van der Waals surface area contributed by atoms with Gasteiger partial charge in [-0.05, 0) is 42.9 Å². The van der Waals surface area contributed by atoms with Gasteiger partial charge in [-0.1, -0.05) is 30.3 Å². The van der Waals surface area contributed by atoms with E-state index in [2.05, 4.69) is 53.6 Å². The van der Waals surface area contributed by atoms with Gasteiger partial charge in [-0.25, -0.2) is 0 Å². The minimum absolute atomic E-state index is 0.329. The minimum Gasteiger partial charge on any atom is -0.388 e. The predicted octanol–water partition coefficient (Wildman–Crippen LogP) is 4.24. The lowest BCUT2D eigenvalue weighted by Gasteiger charge is -2.25. The predicted molar refractivity (Wildman–Crippen MR) is 89.9 cm³/mol. The number of para-hydroxylation sites is 1. The molecule has 1 heterocycles. The summed E-state index contributed by atoms with van der Waals surface area (Å²) in [5.41, 5.74) is 3.56. The molecule has 0 aliphatic carbocycles. The molecule has 0 saturated heterocycles. The van der Waals surface area contributed by atoms with Gasteiger partial charge in [0.2, 0.25) is 0 Å². The van der Waals surface area contributed by atoms with E-state index >= 15 is 0 Å². The second-order valence-corrected chi connectivity index (χ2v) is 6.37. The Morgan fingerprint density at radius 1 is 1.14 bits per heavy atom. The zero-order valence-electron chi connectivity index (χ0n) is 12.3. The van der Waals surface area contributed by atoms with Gasteiger partial charge in [0.15, 0.2) is 0 Å². The third-order valence-corrected chi connectivity index (χ3v) is 4.82. The van der Waals surface area contributed by atoms with E-state index < -0.39 is 0 Å². The Morgan fingerprint density at radius 3 is 2.67 bits per heavy atom. The number of aliphatic hydroxyl groups is 1. The number of thioether (sulfide) groups is 1. The first-order valence-corrected chi connectivity index (χ1v) is 8.65. The highest BCUT2D eigenvalue weighted by molar-refractivity contribution is 7.98. The van der Waals surface area contributed by atoms with Crippen molar-refractivity contribution in [1.82, 2.24) is 0 Å². The van der Waals surface area contributed by atoms with Gasteiger partial charge < -0.3 is 10.0 Å². The summed E-state index contributed by atoms with van der Waals surface area (Å²) in [7, 11) is 0. The van der Waals surface area contributed by atoms with Crippen molar-refractivity contribution >= 4 is 17.4 Å². The van der Waals surface area contributed by atoms with Crippen molar-refractivity contribution in [2.24, 2.45) is 0 Å². The van der Waals surface area contributed by atoms with Crippen LogP contribution in [0, 0.1) is 0 Å². The van der Waals surface area contributed by atoms with Crippen molar-refractivity contribution in [2.45, 2.75) is 30.4 Å². The first kappa shape index (κ1) is 14.5. The van der Waals surface area contributed by atoms with Crippen LogP contribution < -0.4 is 4.90 Å². The number of aliphatic hydroxyl groups excluding tert-OH is 1. The molecule has 1 aliphatic rings. The number of nitrogens with zero attached hydrogens (tertiary/aromatic N) is 1. The average molecular weight is 299 g/mol. The highest BCUT2D eigenvalue weighted by Gasteiger charge is 2.20. The van der Waals surface area contributed by atoms with E-state index in [1.165, 1.54) is 16.1 Å². The van der Waals surface area contributed by atoms with Crippen molar-refractivity contribution in [2.75, 3.05) is 17.7 Å². The van der Waals surface area contributed by atoms with Gasteiger partial charge in [0.1, 0.15) is 0 Å². The zero-order valence-corrected chi connectivity index (χ0v) is 13.1. The largest absolute Gasteiger partial charge is 0.388 e. The van der Waals surface area contributed by atoms with Crippen LogP contribution in [0.2, 0.25) is 0 Å². The van der Waals surface area contributed by atoms with E-state index in [1.54, 1.807) is 11.8 Å². The lowest BCUT2D eigenvalue weighted by molar-refractivity contribution is 0.168. The Bertz CT molecular complexity index is 596. The summed E-state index contributed by atoms with van der Waals surface area (Å²) in [4.78, 5) is 3.69. The SMILES string of the molecule is CSc1ccc(CN2CCC[C@H](O)c3ccccc32)cc1. The first-order valence-electron chi connectivity index (χ1n) is 7.43. The van der Waals surface area contributed by atoms with E-state index in [0.717, 1.165) is 31.5 Å². The Hall–Kier alpha value is -1.45. The molecule has 2 aromatic carbocycles. The second kappa shape index (κ2) is 6.54. The van der Waals surface area contributed by atoms with Crippen LogP contribution in [-0.4, -0.2) is 17.9 Å². The summed E-state index contributed by atoms with van der Waals surface area (Å²) >= 11 is 1.77. The highest BCUT2D eigenvalue weighted by atomic mass is 32.2. The lowest BCUT2D eigenvalue weighted by atomic mass is 10.0. The maximum atomic E-state index is 10.3. The Kier molecular flexibility index (Phi) is 4.51. The van der Waals surface area contributed by atoms with Crippen LogP contribution in [-0.2, 0) is 6.54 Å². The Balaban J connectivity index is 1.85. The monoisotopic (exact) mass is 299 g/mol. The third kappa shape index (κ3) is 3.25. The molecule has 2 nitrogen and oxygen atoms in total. The van der Waals surface area contributed by atoms with Crippen LogP contribution in [0.25, 0.3) is 0 Å². The van der Waals surface area contributed by atoms with Crippen LogP contribution in [0.5, 0.6) is 0 Å². The molecule has 0 radical (unpaired) electrons. The molecule has 0 amide bonds. The fourth-order valence-corrected chi connectivity index (χ4v) is 3.33. The Labute approximate surface area is 130 Å². The topological polar surface area (TPSA) is 23.5 Å². The number of hydrogen-bond acceptors (Lipinski definition) is 3. The normalized spacial score (nSPS) is 18.2. The minimum atomic E-state index is -0.329. The second-order valence-electron chi connectivity index (χ2n) is 5.49. The maximum absolute atomic E-state index is 10.3. The van der Waals surface area contributed by atoms with Crippen molar-refractivity contribution in [3.63, 3.8) is 0 Å². The molecule has 0 bridgehead atoms. The molecule has 1 aliphatic heterocycles. The van der Waals surface area contributed by atoms with Crippen LogP contribution in [0.4, 0.5) is 5.69 Å². The van der Waals surface area contributed by atoms with Crippen LogP contribution in [0.3, 0.4) is 0 Å². The van der Waals surface area contributed by atoms with E-state index in [-0.39, 0.29) is 6.10 Å². The summed E-state index contributed by atoms with van der Waals surface area (Å²) in [5, 5.41) is 10.3. The van der Waals surface area contributed by atoms with E-state index in [4.69, 9.17) is 0 Å². The quantitative estimate of drug-likeness (QED) is 0.857.